The minimum absolute atomic E-state index is 0.937. The van der Waals surface area contributed by atoms with E-state index in [2.05, 4.69) is 23.4 Å². The van der Waals surface area contributed by atoms with Gasteiger partial charge in [-0.25, -0.2) is 0 Å². The van der Waals surface area contributed by atoms with Crippen LogP contribution >= 0.6 is 0 Å². The van der Waals surface area contributed by atoms with Crippen molar-refractivity contribution in [3.8, 4) is 11.8 Å². The molecule has 1 aromatic heterocycles. The van der Waals surface area contributed by atoms with Gasteiger partial charge in [-0.05, 0) is 43.5 Å². The number of allylic oxidation sites excluding steroid dienone is 6. The van der Waals surface area contributed by atoms with Crippen LogP contribution in [0.1, 0.15) is 25.2 Å². The highest BCUT2D eigenvalue weighted by Gasteiger charge is 1.91. The summed E-state index contributed by atoms with van der Waals surface area (Å²) in [6, 6.07) is 3.99. The van der Waals surface area contributed by atoms with E-state index in [1.54, 1.807) is 6.08 Å². The molecule has 1 heteroatoms. The van der Waals surface area contributed by atoms with Gasteiger partial charge in [-0.3, -0.25) is 0 Å². The minimum atomic E-state index is 0.937. The van der Waals surface area contributed by atoms with Gasteiger partial charge in [-0.15, -0.1) is 0 Å². The maximum Gasteiger partial charge on any atom is 0.0897 e. The van der Waals surface area contributed by atoms with Crippen molar-refractivity contribution in [2.24, 2.45) is 0 Å². The lowest BCUT2D eigenvalue weighted by Gasteiger charge is -1.91. The van der Waals surface area contributed by atoms with Crippen LogP contribution < -0.4 is 0 Å². The molecule has 0 unspecified atom stereocenters. The number of aromatic amines is 1. The lowest BCUT2D eigenvalue weighted by atomic mass is 10.2. The highest BCUT2D eigenvalue weighted by Crippen LogP contribution is 2.07. The summed E-state index contributed by atoms with van der Waals surface area (Å²) in [5, 5.41) is 0. The molecule has 1 N–H and O–H groups in total. The molecular weight excluding hydrogens is 206 g/mol. The standard InChI is InChI=1S/C16H17N/c1-4-7-14(8-5-2)10-11-16-13-12-15(17-16)9-6-3/h4-5,7-8,10-13,17H,1H2,2-3H3/b8-5-,11-10+,14-7+. The number of aromatic nitrogens is 1. The Morgan fingerprint density at radius 1 is 1.35 bits per heavy atom. The fourth-order valence-electron chi connectivity index (χ4n) is 1.40. The zero-order valence-electron chi connectivity index (χ0n) is 10.3. The van der Waals surface area contributed by atoms with Crippen LogP contribution in [0.25, 0.3) is 6.08 Å². The molecule has 0 atom stereocenters. The molecule has 17 heavy (non-hydrogen) atoms. The summed E-state index contributed by atoms with van der Waals surface area (Å²) in [5.41, 5.74) is 3.09. The fourth-order valence-corrected chi connectivity index (χ4v) is 1.40. The monoisotopic (exact) mass is 223 g/mol. The lowest BCUT2D eigenvalue weighted by Crippen LogP contribution is -1.75. The van der Waals surface area contributed by atoms with Crippen molar-refractivity contribution < 1.29 is 0 Å². The van der Waals surface area contributed by atoms with Crippen LogP contribution in [0, 0.1) is 11.8 Å². The largest absolute Gasteiger partial charge is 0.349 e. The highest BCUT2D eigenvalue weighted by molar-refractivity contribution is 5.53. The van der Waals surface area contributed by atoms with Crippen molar-refractivity contribution in [2.75, 3.05) is 0 Å². The Morgan fingerprint density at radius 3 is 2.82 bits per heavy atom. The molecule has 0 saturated carbocycles. The number of hydrogen-bond donors (Lipinski definition) is 1. The van der Waals surface area contributed by atoms with Crippen molar-refractivity contribution in [3.05, 3.63) is 66.1 Å². The van der Waals surface area contributed by atoms with Crippen molar-refractivity contribution in [2.45, 2.75) is 13.8 Å². The lowest BCUT2D eigenvalue weighted by molar-refractivity contribution is 1.33. The topological polar surface area (TPSA) is 15.8 Å². The third-order valence-electron chi connectivity index (χ3n) is 2.09. The normalized spacial score (nSPS) is 11.8. The second kappa shape index (κ2) is 7.14. The summed E-state index contributed by atoms with van der Waals surface area (Å²) in [4.78, 5) is 3.22. The average Bonchev–Trinajstić information content (AvgIpc) is 2.75. The van der Waals surface area contributed by atoms with E-state index in [4.69, 9.17) is 0 Å². The third kappa shape index (κ3) is 4.44. The molecular formula is C16H17N. The molecule has 1 nitrogen and oxygen atoms in total. The maximum atomic E-state index is 3.70. The Morgan fingerprint density at radius 2 is 2.18 bits per heavy atom. The Labute approximate surface area is 103 Å². The summed E-state index contributed by atoms with van der Waals surface area (Å²) < 4.78 is 0. The number of rotatable bonds is 4. The fraction of sp³-hybridized carbons (Fsp3) is 0.125. The number of H-pyrrole nitrogens is 1. The molecule has 0 aliphatic heterocycles. The minimum Gasteiger partial charge on any atom is -0.349 e. The van der Waals surface area contributed by atoms with E-state index in [0.717, 1.165) is 17.0 Å². The Bertz CT molecular complexity index is 513. The first-order chi connectivity index (χ1) is 8.30. The van der Waals surface area contributed by atoms with Crippen molar-refractivity contribution in [1.29, 1.82) is 0 Å². The van der Waals surface area contributed by atoms with Gasteiger partial charge in [0.05, 0.1) is 5.69 Å². The first-order valence-electron chi connectivity index (χ1n) is 5.55. The Hall–Kier alpha value is -2.20. The van der Waals surface area contributed by atoms with Gasteiger partial charge in [0, 0.05) is 5.69 Å². The number of nitrogens with one attached hydrogen (secondary N) is 1. The van der Waals surface area contributed by atoms with Crippen LogP contribution in [0.4, 0.5) is 0 Å². The summed E-state index contributed by atoms with van der Waals surface area (Å²) in [6.07, 6.45) is 11.8. The summed E-state index contributed by atoms with van der Waals surface area (Å²) >= 11 is 0. The first-order valence-corrected chi connectivity index (χ1v) is 5.55. The van der Waals surface area contributed by atoms with E-state index in [1.165, 1.54) is 0 Å². The van der Waals surface area contributed by atoms with Crippen LogP contribution in [-0.2, 0) is 0 Å². The molecule has 1 rings (SSSR count). The quantitative estimate of drug-likeness (QED) is 0.584. The predicted molar refractivity (Wildman–Crippen MR) is 75.5 cm³/mol. The van der Waals surface area contributed by atoms with Gasteiger partial charge in [0.15, 0.2) is 0 Å². The van der Waals surface area contributed by atoms with Gasteiger partial charge in [0.1, 0.15) is 0 Å². The molecule has 0 aromatic carbocycles. The van der Waals surface area contributed by atoms with Gasteiger partial charge < -0.3 is 4.98 Å². The summed E-state index contributed by atoms with van der Waals surface area (Å²) in [6.45, 7) is 7.52. The zero-order chi connectivity index (χ0) is 12.5. The molecule has 1 aromatic rings. The van der Waals surface area contributed by atoms with Gasteiger partial charge >= 0.3 is 0 Å². The average molecular weight is 223 g/mol. The zero-order valence-corrected chi connectivity index (χ0v) is 10.3. The van der Waals surface area contributed by atoms with Crippen molar-refractivity contribution in [1.82, 2.24) is 4.98 Å². The second-order valence-electron chi connectivity index (χ2n) is 3.44. The second-order valence-corrected chi connectivity index (χ2v) is 3.44. The number of hydrogen-bond acceptors (Lipinski definition) is 0. The molecule has 0 radical (unpaired) electrons. The summed E-state index contributed by atoms with van der Waals surface area (Å²) in [5.74, 6) is 5.84. The van der Waals surface area contributed by atoms with Crippen LogP contribution in [0.2, 0.25) is 0 Å². The van der Waals surface area contributed by atoms with Gasteiger partial charge in [-0.1, -0.05) is 42.9 Å². The van der Waals surface area contributed by atoms with E-state index in [-0.39, 0.29) is 0 Å². The van der Waals surface area contributed by atoms with E-state index in [1.807, 2.05) is 56.4 Å². The SMILES string of the molecule is C=C/C=C(\C=C/C)/C=C/c1ccc(C#CC)[nH]1. The van der Waals surface area contributed by atoms with E-state index in [9.17, 15) is 0 Å². The molecule has 0 amide bonds. The van der Waals surface area contributed by atoms with Gasteiger partial charge in [0.2, 0.25) is 0 Å². The molecule has 86 valence electrons. The molecule has 0 spiro atoms. The van der Waals surface area contributed by atoms with Crippen LogP contribution in [0.3, 0.4) is 0 Å². The molecule has 0 saturated heterocycles. The van der Waals surface area contributed by atoms with E-state index < -0.39 is 0 Å². The summed E-state index contributed by atoms with van der Waals surface area (Å²) in [7, 11) is 0. The van der Waals surface area contributed by atoms with E-state index >= 15 is 0 Å². The smallest absolute Gasteiger partial charge is 0.0897 e. The van der Waals surface area contributed by atoms with Crippen LogP contribution in [-0.4, -0.2) is 4.98 Å². The van der Waals surface area contributed by atoms with Crippen molar-refractivity contribution >= 4 is 6.08 Å². The Kier molecular flexibility index (Phi) is 5.40. The molecule has 0 aliphatic carbocycles. The predicted octanol–water partition coefficient (Wildman–Crippen LogP) is 4.09. The first kappa shape index (κ1) is 12.9. The molecule has 0 aliphatic rings. The maximum absolute atomic E-state index is 3.70. The third-order valence-corrected chi connectivity index (χ3v) is 2.09. The van der Waals surface area contributed by atoms with E-state index in [0.29, 0.717) is 0 Å². The van der Waals surface area contributed by atoms with Gasteiger partial charge in [-0.2, -0.15) is 0 Å². The molecule has 0 bridgehead atoms. The van der Waals surface area contributed by atoms with Crippen LogP contribution in [0.5, 0.6) is 0 Å². The molecule has 0 fully saturated rings. The Balaban J connectivity index is 2.83. The van der Waals surface area contributed by atoms with Gasteiger partial charge in [0.25, 0.3) is 0 Å². The van der Waals surface area contributed by atoms with Crippen molar-refractivity contribution in [3.63, 3.8) is 0 Å². The molecule has 1 heterocycles. The van der Waals surface area contributed by atoms with Crippen LogP contribution in [0.15, 0.2) is 54.7 Å². The highest BCUT2D eigenvalue weighted by atomic mass is 14.7.